The zero-order valence-corrected chi connectivity index (χ0v) is 5.68. The Balaban J connectivity index is 3.21. The molecule has 0 aromatic heterocycles. The molecule has 0 radical (unpaired) electrons. The van der Waals surface area contributed by atoms with Crippen molar-refractivity contribution in [3.63, 3.8) is 0 Å². The largest absolute Gasteiger partial charge is 0.269 e. The molecule has 1 heterocycles. The molecule has 1 aliphatic heterocycles. The van der Waals surface area contributed by atoms with E-state index >= 15 is 0 Å². The monoisotopic (exact) mass is 148 g/mol. The van der Waals surface area contributed by atoms with E-state index < -0.39 is 10.3 Å². The molecule has 0 aliphatic carbocycles. The summed E-state index contributed by atoms with van der Waals surface area (Å²) in [5.41, 5.74) is 0. The van der Waals surface area contributed by atoms with Gasteiger partial charge < -0.3 is 0 Å². The van der Waals surface area contributed by atoms with Gasteiger partial charge in [-0.25, -0.2) is 0 Å². The third kappa shape index (κ3) is 2.15. The summed E-state index contributed by atoms with van der Waals surface area (Å²) < 4.78 is 19.5. The van der Waals surface area contributed by atoms with Gasteiger partial charge >= 0.3 is 0 Å². The van der Waals surface area contributed by atoms with Gasteiger partial charge in [0.05, 0.1) is 5.02 Å². The molecule has 0 amide bonds. The molecule has 0 N–H and O–H groups in total. The first-order valence-electron chi connectivity index (χ1n) is 2.07. The van der Waals surface area contributed by atoms with Crippen molar-refractivity contribution in [2.75, 3.05) is 11.5 Å². The summed E-state index contributed by atoms with van der Waals surface area (Å²) in [6.45, 7) is 0. The molecule has 2 nitrogen and oxygen atoms in total. The molecule has 4 heteroatoms. The van der Waals surface area contributed by atoms with Gasteiger partial charge in [0.25, 0.3) is 10.3 Å². The molecule has 0 bridgehead atoms. The molecular weight excluding hydrogens is 144 g/mol. The fraction of sp³-hybridized carbons (Fsp3) is 0.500. The third-order valence-corrected chi connectivity index (χ3v) is 2.28. The highest BCUT2D eigenvalue weighted by atomic mass is 32.2. The maximum atomic E-state index is 9.76. The molecule has 0 aromatic carbocycles. The molecule has 0 saturated carbocycles. The minimum absolute atomic E-state index is 0.160. The molecule has 0 unspecified atom stereocenters. The van der Waals surface area contributed by atoms with E-state index in [1.54, 1.807) is 0 Å². The summed E-state index contributed by atoms with van der Waals surface area (Å²) in [6.07, 6.45) is 0. The first-order valence-corrected chi connectivity index (χ1v) is 4.71. The van der Waals surface area contributed by atoms with Crippen LogP contribution in [0.2, 0.25) is 0 Å². The van der Waals surface area contributed by atoms with E-state index in [0.717, 1.165) is 11.5 Å². The van der Waals surface area contributed by atoms with E-state index in [1.807, 2.05) is 0 Å². The van der Waals surface area contributed by atoms with E-state index in [9.17, 15) is 8.42 Å². The predicted molar refractivity (Wildman–Crippen MR) is 36.3 cm³/mol. The maximum absolute atomic E-state index is 9.76. The topological polar surface area (TPSA) is 34.1 Å². The summed E-state index contributed by atoms with van der Waals surface area (Å²) in [7, 11) is -1.99. The minimum Gasteiger partial charge on any atom is -0.175 e. The molecule has 1 aliphatic rings. The Bertz CT molecular complexity index is 272. The standard InChI is InChI=1S/C4H4O2S2/c5-8(6)4-3-7-1-2-7/h1-2H2. The van der Waals surface area contributed by atoms with Crippen LogP contribution in [0.1, 0.15) is 0 Å². The molecule has 0 spiro atoms. The van der Waals surface area contributed by atoms with Gasteiger partial charge in [0.15, 0.2) is 0 Å². The van der Waals surface area contributed by atoms with Crippen LogP contribution >= 0.6 is 10.5 Å². The molecule has 8 heavy (non-hydrogen) atoms. The predicted octanol–water partition coefficient (Wildman–Crippen LogP) is -0.494. The SMILES string of the molecule is O=S(=O)=C=C=S1CC1. The Morgan fingerprint density at radius 2 is 2.00 bits per heavy atom. The fourth-order valence-corrected chi connectivity index (χ4v) is 1.52. The highest BCUT2D eigenvalue weighted by Gasteiger charge is 2.06. The van der Waals surface area contributed by atoms with Crippen LogP contribution in [-0.2, 0) is 10.3 Å². The molecule has 1 saturated heterocycles. The lowest BCUT2D eigenvalue weighted by atomic mass is 11.0. The molecule has 0 aromatic rings. The van der Waals surface area contributed by atoms with Crippen molar-refractivity contribution in [2.24, 2.45) is 0 Å². The zero-order valence-electron chi connectivity index (χ0n) is 4.05. The average molecular weight is 148 g/mol. The van der Waals surface area contributed by atoms with Gasteiger partial charge in [-0.1, -0.05) is 0 Å². The van der Waals surface area contributed by atoms with Crippen LogP contribution in [0.3, 0.4) is 0 Å². The van der Waals surface area contributed by atoms with Gasteiger partial charge in [-0.05, 0) is 5.02 Å². The van der Waals surface area contributed by atoms with Gasteiger partial charge in [0.1, 0.15) is 0 Å². The minimum atomic E-state index is -2.15. The van der Waals surface area contributed by atoms with E-state index in [4.69, 9.17) is 0 Å². The number of rotatable bonds is 0. The second-order valence-electron chi connectivity index (χ2n) is 1.34. The van der Waals surface area contributed by atoms with Crippen molar-refractivity contribution >= 4 is 30.8 Å². The molecule has 44 valence electrons. The van der Waals surface area contributed by atoms with E-state index in [-0.39, 0.29) is 10.5 Å². The van der Waals surface area contributed by atoms with Crippen molar-refractivity contribution in [1.29, 1.82) is 0 Å². The first kappa shape index (κ1) is 5.86. The van der Waals surface area contributed by atoms with Crippen molar-refractivity contribution in [3.05, 3.63) is 0 Å². The maximum Gasteiger partial charge on any atom is 0.269 e. The quantitative estimate of drug-likeness (QED) is 0.343. The molecule has 1 rings (SSSR count). The van der Waals surface area contributed by atoms with Crippen LogP contribution in [-0.4, -0.2) is 30.0 Å². The lowest BCUT2D eigenvalue weighted by Crippen LogP contribution is -1.54. The highest BCUT2D eigenvalue weighted by Crippen LogP contribution is 2.25. The summed E-state index contributed by atoms with van der Waals surface area (Å²) in [5, 5.41) is 4.71. The number of hydrogen-bond acceptors (Lipinski definition) is 2. The smallest absolute Gasteiger partial charge is 0.175 e. The van der Waals surface area contributed by atoms with Crippen molar-refractivity contribution < 1.29 is 8.42 Å². The molecule has 1 fully saturated rings. The summed E-state index contributed by atoms with van der Waals surface area (Å²) in [5.74, 6) is 2.20. The summed E-state index contributed by atoms with van der Waals surface area (Å²) in [6, 6.07) is 0. The van der Waals surface area contributed by atoms with Crippen LogP contribution in [0.15, 0.2) is 0 Å². The second-order valence-corrected chi connectivity index (χ2v) is 4.02. The van der Waals surface area contributed by atoms with Gasteiger partial charge in [0.2, 0.25) is 0 Å². The van der Waals surface area contributed by atoms with Crippen LogP contribution in [0.25, 0.3) is 0 Å². The van der Waals surface area contributed by atoms with E-state index in [0.29, 0.717) is 0 Å². The normalized spacial score (nSPS) is 16.5. The number of hydrogen-bond donors (Lipinski definition) is 0. The van der Waals surface area contributed by atoms with Crippen LogP contribution < -0.4 is 0 Å². The van der Waals surface area contributed by atoms with E-state index in [1.165, 1.54) is 0 Å². The van der Waals surface area contributed by atoms with Crippen molar-refractivity contribution in [1.82, 2.24) is 0 Å². The van der Waals surface area contributed by atoms with E-state index in [2.05, 4.69) is 10.0 Å². The molecular formula is C4H4O2S2. The first-order chi connectivity index (χ1) is 3.79. The van der Waals surface area contributed by atoms with Crippen molar-refractivity contribution in [3.8, 4) is 0 Å². The Morgan fingerprint density at radius 3 is 2.38 bits per heavy atom. The fourth-order valence-electron chi connectivity index (χ4n) is 0.237. The van der Waals surface area contributed by atoms with Crippen LogP contribution in [0.4, 0.5) is 0 Å². The summed E-state index contributed by atoms with van der Waals surface area (Å²) >= 11 is 0. The lowest BCUT2D eigenvalue weighted by Gasteiger charge is -1.47. The Kier molecular flexibility index (Phi) is 1.71. The highest BCUT2D eigenvalue weighted by molar-refractivity contribution is 8.21. The van der Waals surface area contributed by atoms with Crippen LogP contribution in [0, 0.1) is 0 Å². The van der Waals surface area contributed by atoms with Crippen molar-refractivity contribution in [2.45, 2.75) is 0 Å². The Labute approximate surface area is 51.3 Å². The van der Waals surface area contributed by atoms with Gasteiger partial charge in [-0.2, -0.15) is 8.42 Å². The second kappa shape index (κ2) is 2.33. The average Bonchev–Trinajstić information content (AvgIpc) is 2.41. The van der Waals surface area contributed by atoms with Gasteiger partial charge in [-0.15, -0.1) is 10.5 Å². The van der Waals surface area contributed by atoms with Gasteiger partial charge in [-0.3, -0.25) is 0 Å². The Morgan fingerprint density at radius 1 is 1.38 bits per heavy atom. The van der Waals surface area contributed by atoms with Gasteiger partial charge in [0, 0.05) is 11.5 Å². The zero-order chi connectivity index (χ0) is 5.98. The lowest BCUT2D eigenvalue weighted by molar-refractivity contribution is 0.627. The third-order valence-electron chi connectivity index (χ3n) is 0.678. The molecule has 0 atom stereocenters. The Hall–Kier alpha value is -0.270. The summed E-state index contributed by atoms with van der Waals surface area (Å²) in [4.78, 5) is 0. The van der Waals surface area contributed by atoms with Crippen LogP contribution in [0.5, 0.6) is 0 Å².